The van der Waals surface area contributed by atoms with Gasteiger partial charge in [-0.25, -0.2) is 0 Å². The summed E-state index contributed by atoms with van der Waals surface area (Å²) in [7, 11) is 0. The molecule has 0 saturated heterocycles. The van der Waals surface area contributed by atoms with E-state index in [4.69, 9.17) is 0 Å². The van der Waals surface area contributed by atoms with Gasteiger partial charge in [0.25, 0.3) is 5.91 Å². The molecule has 0 unspecified atom stereocenters. The lowest BCUT2D eigenvalue weighted by Crippen LogP contribution is -2.23. The van der Waals surface area contributed by atoms with Crippen LogP contribution < -0.4 is 5.32 Å². The highest BCUT2D eigenvalue weighted by atomic mass is 19.4. The Bertz CT molecular complexity index is 381. The van der Waals surface area contributed by atoms with E-state index in [9.17, 15) is 18.0 Å². The third-order valence-electron chi connectivity index (χ3n) is 1.88. The number of amides is 1. The Morgan fingerprint density at radius 3 is 2.31 bits per heavy atom. The summed E-state index contributed by atoms with van der Waals surface area (Å²) in [5, 5.41) is 2.47. The highest BCUT2D eigenvalue weighted by molar-refractivity contribution is 5.94. The Hall–Kier alpha value is -1.78. The quantitative estimate of drug-likeness (QED) is 0.793. The fraction of sp³-hybridized carbons (Fsp3) is 0.182. The number of halogens is 3. The number of rotatable bonds is 3. The van der Waals surface area contributed by atoms with Gasteiger partial charge >= 0.3 is 6.18 Å². The van der Waals surface area contributed by atoms with Gasteiger partial charge in [-0.15, -0.1) is 6.58 Å². The second-order valence-electron chi connectivity index (χ2n) is 3.07. The SMILES string of the molecule is C=CCNC(=O)c1ccc(C(F)(F)F)cc1. The van der Waals surface area contributed by atoms with Gasteiger partial charge < -0.3 is 5.32 Å². The van der Waals surface area contributed by atoms with E-state index < -0.39 is 17.6 Å². The van der Waals surface area contributed by atoms with Crippen LogP contribution in [0.4, 0.5) is 13.2 Å². The van der Waals surface area contributed by atoms with E-state index >= 15 is 0 Å². The molecule has 0 saturated carbocycles. The molecule has 0 aliphatic rings. The van der Waals surface area contributed by atoms with Crippen molar-refractivity contribution < 1.29 is 18.0 Å². The minimum absolute atomic E-state index is 0.190. The normalized spacial score (nSPS) is 10.9. The second kappa shape index (κ2) is 4.83. The Morgan fingerprint density at radius 1 is 1.31 bits per heavy atom. The minimum Gasteiger partial charge on any atom is -0.349 e. The Kier molecular flexibility index (Phi) is 3.71. The molecule has 1 aromatic rings. The van der Waals surface area contributed by atoms with E-state index in [0.29, 0.717) is 0 Å². The number of nitrogens with one attached hydrogen (secondary N) is 1. The lowest BCUT2D eigenvalue weighted by atomic mass is 10.1. The first kappa shape index (κ1) is 12.3. The minimum atomic E-state index is -4.38. The van der Waals surface area contributed by atoms with Gasteiger partial charge in [-0.2, -0.15) is 13.2 Å². The van der Waals surface area contributed by atoms with Crippen LogP contribution in [-0.4, -0.2) is 12.5 Å². The van der Waals surface area contributed by atoms with Crippen LogP contribution in [0.15, 0.2) is 36.9 Å². The van der Waals surface area contributed by atoms with Crippen LogP contribution in [0.25, 0.3) is 0 Å². The first-order chi connectivity index (χ1) is 7.45. The molecule has 1 aromatic carbocycles. The number of hydrogen-bond donors (Lipinski definition) is 1. The molecule has 0 radical (unpaired) electrons. The first-order valence-electron chi connectivity index (χ1n) is 4.51. The topological polar surface area (TPSA) is 29.1 Å². The second-order valence-corrected chi connectivity index (χ2v) is 3.07. The standard InChI is InChI=1S/C11H10F3NO/c1-2-7-15-10(16)8-3-5-9(6-4-8)11(12,13)14/h2-6H,1,7H2,(H,15,16). The van der Waals surface area contributed by atoms with Crippen LogP contribution >= 0.6 is 0 Å². The van der Waals surface area contributed by atoms with Gasteiger partial charge in [0.15, 0.2) is 0 Å². The molecule has 2 nitrogen and oxygen atoms in total. The van der Waals surface area contributed by atoms with Crippen molar-refractivity contribution in [1.29, 1.82) is 0 Å². The highest BCUT2D eigenvalue weighted by Crippen LogP contribution is 2.28. The van der Waals surface area contributed by atoms with Crippen LogP contribution in [-0.2, 0) is 6.18 Å². The molecule has 1 N–H and O–H groups in total. The van der Waals surface area contributed by atoms with E-state index in [1.165, 1.54) is 6.08 Å². The monoisotopic (exact) mass is 229 g/mol. The number of carbonyl (C=O) groups excluding carboxylic acids is 1. The van der Waals surface area contributed by atoms with Crippen LogP contribution in [0.5, 0.6) is 0 Å². The number of alkyl halides is 3. The summed E-state index contributed by atoms with van der Waals surface area (Å²) in [6.45, 7) is 3.69. The van der Waals surface area contributed by atoms with Gasteiger partial charge in [0.1, 0.15) is 0 Å². The molecule has 1 rings (SSSR count). The predicted octanol–water partition coefficient (Wildman–Crippen LogP) is 2.62. The largest absolute Gasteiger partial charge is 0.416 e. The molecule has 0 spiro atoms. The lowest BCUT2D eigenvalue weighted by molar-refractivity contribution is -0.137. The summed E-state index contributed by atoms with van der Waals surface area (Å²) >= 11 is 0. The third kappa shape index (κ3) is 3.12. The first-order valence-corrected chi connectivity index (χ1v) is 4.51. The van der Waals surface area contributed by atoms with Gasteiger partial charge in [-0.05, 0) is 24.3 Å². The van der Waals surface area contributed by atoms with Crippen LogP contribution in [0.3, 0.4) is 0 Å². The Morgan fingerprint density at radius 2 is 1.88 bits per heavy atom. The van der Waals surface area contributed by atoms with Crippen molar-refractivity contribution in [3.8, 4) is 0 Å². The fourth-order valence-corrected chi connectivity index (χ4v) is 1.08. The maximum atomic E-state index is 12.2. The van der Waals surface area contributed by atoms with E-state index in [1.807, 2.05) is 0 Å². The van der Waals surface area contributed by atoms with Crippen molar-refractivity contribution in [3.05, 3.63) is 48.0 Å². The Labute approximate surface area is 90.8 Å². The van der Waals surface area contributed by atoms with Crippen molar-refractivity contribution in [3.63, 3.8) is 0 Å². The molecule has 1 amide bonds. The number of hydrogen-bond acceptors (Lipinski definition) is 1. The number of carbonyl (C=O) groups is 1. The average molecular weight is 229 g/mol. The van der Waals surface area contributed by atoms with Gasteiger partial charge in [0, 0.05) is 12.1 Å². The molecule has 0 aliphatic carbocycles. The van der Waals surface area contributed by atoms with Crippen molar-refractivity contribution in [2.24, 2.45) is 0 Å². The molecular weight excluding hydrogens is 219 g/mol. The molecule has 5 heteroatoms. The van der Waals surface area contributed by atoms with Crippen LogP contribution in [0, 0.1) is 0 Å². The summed E-state index contributed by atoms with van der Waals surface area (Å²) in [4.78, 5) is 11.3. The van der Waals surface area contributed by atoms with Crippen molar-refractivity contribution in [2.45, 2.75) is 6.18 Å². The van der Waals surface area contributed by atoms with Gasteiger partial charge in [0.2, 0.25) is 0 Å². The molecule has 86 valence electrons. The van der Waals surface area contributed by atoms with Gasteiger partial charge in [0.05, 0.1) is 5.56 Å². The molecule has 0 aromatic heterocycles. The molecule has 0 bridgehead atoms. The van der Waals surface area contributed by atoms with E-state index in [0.717, 1.165) is 24.3 Å². The highest BCUT2D eigenvalue weighted by Gasteiger charge is 2.30. The van der Waals surface area contributed by atoms with Gasteiger partial charge in [-0.1, -0.05) is 6.08 Å². The number of benzene rings is 1. The molecular formula is C11H10F3NO. The van der Waals surface area contributed by atoms with E-state index in [2.05, 4.69) is 11.9 Å². The van der Waals surface area contributed by atoms with Crippen molar-refractivity contribution in [2.75, 3.05) is 6.54 Å². The summed E-state index contributed by atoms with van der Waals surface area (Å²) in [6.07, 6.45) is -2.89. The summed E-state index contributed by atoms with van der Waals surface area (Å²) in [5.74, 6) is -0.423. The zero-order valence-corrected chi connectivity index (χ0v) is 8.34. The van der Waals surface area contributed by atoms with Crippen LogP contribution in [0.2, 0.25) is 0 Å². The molecule has 0 aliphatic heterocycles. The summed E-state index contributed by atoms with van der Waals surface area (Å²) in [5.41, 5.74) is -0.581. The summed E-state index contributed by atoms with van der Waals surface area (Å²) < 4.78 is 36.6. The average Bonchev–Trinajstić information content (AvgIpc) is 2.25. The predicted molar refractivity (Wildman–Crippen MR) is 54.0 cm³/mol. The van der Waals surface area contributed by atoms with E-state index in [-0.39, 0.29) is 12.1 Å². The zero-order chi connectivity index (χ0) is 12.2. The van der Waals surface area contributed by atoms with Crippen molar-refractivity contribution in [1.82, 2.24) is 5.32 Å². The third-order valence-corrected chi connectivity index (χ3v) is 1.88. The maximum Gasteiger partial charge on any atom is 0.416 e. The lowest BCUT2D eigenvalue weighted by Gasteiger charge is -2.07. The smallest absolute Gasteiger partial charge is 0.349 e. The Balaban J connectivity index is 2.79. The van der Waals surface area contributed by atoms with Gasteiger partial charge in [-0.3, -0.25) is 4.79 Å². The molecule has 0 atom stereocenters. The maximum absolute atomic E-state index is 12.2. The van der Waals surface area contributed by atoms with E-state index in [1.54, 1.807) is 0 Å². The van der Waals surface area contributed by atoms with Crippen LogP contribution in [0.1, 0.15) is 15.9 Å². The molecule has 0 fully saturated rings. The summed E-state index contributed by atoms with van der Waals surface area (Å²) in [6, 6.07) is 4.04. The molecule has 0 heterocycles. The van der Waals surface area contributed by atoms with Crippen molar-refractivity contribution >= 4 is 5.91 Å². The molecule has 16 heavy (non-hydrogen) atoms. The zero-order valence-electron chi connectivity index (χ0n) is 8.34. The fourth-order valence-electron chi connectivity index (χ4n) is 1.08.